The molecule has 2 aliphatic heterocycles. The first-order chi connectivity index (χ1) is 8.81. The van der Waals surface area contributed by atoms with Crippen LogP contribution in [0.5, 0.6) is 0 Å². The Kier molecular flexibility index (Phi) is 5.26. The molecule has 2 atom stereocenters. The zero-order valence-corrected chi connectivity index (χ0v) is 11.3. The highest BCUT2D eigenvalue weighted by Gasteiger charge is 2.28. The van der Waals surface area contributed by atoms with E-state index in [-0.39, 0.29) is 12.1 Å². The lowest BCUT2D eigenvalue weighted by molar-refractivity contribution is 0.140. The van der Waals surface area contributed by atoms with Crippen LogP contribution in [-0.2, 0) is 4.74 Å². The fourth-order valence-electron chi connectivity index (χ4n) is 2.78. The van der Waals surface area contributed by atoms with Gasteiger partial charge in [0.15, 0.2) is 0 Å². The minimum absolute atomic E-state index is 0.103. The van der Waals surface area contributed by atoms with Crippen LogP contribution in [-0.4, -0.2) is 56.4 Å². The molecule has 5 nitrogen and oxygen atoms in total. The summed E-state index contributed by atoms with van der Waals surface area (Å²) in [5.41, 5.74) is 0. The molecule has 0 aromatic heterocycles. The molecule has 0 aromatic rings. The molecule has 2 unspecified atom stereocenters. The van der Waals surface area contributed by atoms with Gasteiger partial charge in [-0.3, -0.25) is 0 Å². The molecule has 0 spiro atoms. The summed E-state index contributed by atoms with van der Waals surface area (Å²) in [5, 5.41) is 6.27. The quantitative estimate of drug-likeness (QED) is 0.786. The van der Waals surface area contributed by atoms with Gasteiger partial charge in [-0.1, -0.05) is 0 Å². The van der Waals surface area contributed by atoms with Crippen molar-refractivity contribution in [3.63, 3.8) is 0 Å². The van der Waals surface area contributed by atoms with Crippen molar-refractivity contribution in [2.45, 2.75) is 44.2 Å². The largest absolute Gasteiger partial charge is 0.379 e. The van der Waals surface area contributed by atoms with Gasteiger partial charge in [0.05, 0.1) is 12.6 Å². The first kappa shape index (κ1) is 13.6. The molecule has 2 fully saturated rings. The van der Waals surface area contributed by atoms with Crippen LogP contribution in [0.2, 0.25) is 0 Å². The van der Waals surface area contributed by atoms with Gasteiger partial charge in [0.1, 0.15) is 0 Å². The lowest BCUT2D eigenvalue weighted by Gasteiger charge is -2.36. The lowest BCUT2D eigenvalue weighted by Crippen LogP contribution is -2.51. The van der Waals surface area contributed by atoms with Crippen LogP contribution in [0.3, 0.4) is 0 Å². The van der Waals surface area contributed by atoms with Crippen molar-refractivity contribution in [2.75, 3.05) is 33.4 Å². The number of carbonyl (C=O) groups is 1. The summed E-state index contributed by atoms with van der Waals surface area (Å²) in [5.74, 6) is 0. The van der Waals surface area contributed by atoms with Crippen LogP contribution in [0.4, 0.5) is 4.79 Å². The summed E-state index contributed by atoms with van der Waals surface area (Å²) in [4.78, 5) is 14.3. The van der Waals surface area contributed by atoms with Crippen LogP contribution < -0.4 is 10.6 Å². The monoisotopic (exact) mass is 255 g/mol. The minimum atomic E-state index is 0.103. The molecular weight excluding hydrogens is 230 g/mol. The minimum Gasteiger partial charge on any atom is -0.379 e. The average Bonchev–Trinajstić information content (AvgIpc) is 2.89. The Hall–Kier alpha value is -0.810. The van der Waals surface area contributed by atoms with Gasteiger partial charge >= 0.3 is 6.03 Å². The lowest BCUT2D eigenvalue weighted by atomic mass is 10.00. The predicted molar refractivity (Wildman–Crippen MR) is 70.6 cm³/mol. The fourth-order valence-corrected chi connectivity index (χ4v) is 2.78. The van der Waals surface area contributed by atoms with E-state index in [1.807, 2.05) is 11.9 Å². The Balaban J connectivity index is 1.84. The number of hydrogen-bond acceptors (Lipinski definition) is 3. The predicted octanol–water partition coefficient (Wildman–Crippen LogP) is 0.949. The molecule has 0 aliphatic carbocycles. The highest BCUT2D eigenvalue weighted by atomic mass is 16.5. The highest BCUT2D eigenvalue weighted by Crippen LogP contribution is 2.19. The summed E-state index contributed by atoms with van der Waals surface area (Å²) < 4.78 is 5.29. The van der Waals surface area contributed by atoms with E-state index < -0.39 is 0 Å². The number of nitrogens with one attached hydrogen (secondary N) is 2. The molecule has 0 bridgehead atoms. The number of rotatable bonds is 4. The van der Waals surface area contributed by atoms with Gasteiger partial charge < -0.3 is 20.3 Å². The maximum atomic E-state index is 12.3. The van der Waals surface area contributed by atoms with E-state index in [9.17, 15) is 4.79 Å². The molecule has 0 saturated carbocycles. The maximum absolute atomic E-state index is 12.3. The molecule has 2 heterocycles. The smallest absolute Gasteiger partial charge is 0.317 e. The van der Waals surface area contributed by atoms with Crippen molar-refractivity contribution in [2.24, 2.45) is 0 Å². The van der Waals surface area contributed by atoms with Crippen LogP contribution in [0.1, 0.15) is 32.1 Å². The van der Waals surface area contributed by atoms with Crippen molar-refractivity contribution >= 4 is 6.03 Å². The molecule has 2 aliphatic rings. The van der Waals surface area contributed by atoms with E-state index in [1.54, 1.807) is 0 Å². The van der Waals surface area contributed by atoms with Crippen LogP contribution in [0.25, 0.3) is 0 Å². The van der Waals surface area contributed by atoms with Gasteiger partial charge in [-0.25, -0.2) is 4.79 Å². The van der Waals surface area contributed by atoms with E-state index >= 15 is 0 Å². The van der Waals surface area contributed by atoms with Crippen LogP contribution >= 0.6 is 0 Å². The van der Waals surface area contributed by atoms with E-state index in [2.05, 4.69) is 10.6 Å². The first-order valence-corrected chi connectivity index (χ1v) is 7.10. The zero-order chi connectivity index (χ0) is 12.8. The number of ether oxygens (including phenoxy) is 1. The Bertz CT molecular complexity index is 267. The third-order valence-electron chi connectivity index (χ3n) is 3.87. The fraction of sp³-hybridized carbons (Fsp3) is 0.923. The number of piperidine rings is 1. The number of carbonyl (C=O) groups excluding carboxylic acids is 1. The molecule has 5 heteroatoms. The number of nitrogens with zero attached hydrogens (tertiary/aromatic N) is 1. The van der Waals surface area contributed by atoms with Crippen molar-refractivity contribution < 1.29 is 9.53 Å². The van der Waals surface area contributed by atoms with Crippen LogP contribution in [0, 0.1) is 0 Å². The van der Waals surface area contributed by atoms with Gasteiger partial charge in [-0.05, 0) is 45.7 Å². The number of urea groups is 1. The molecule has 2 saturated heterocycles. The summed E-state index contributed by atoms with van der Waals surface area (Å²) >= 11 is 0. The molecule has 0 aromatic carbocycles. The average molecular weight is 255 g/mol. The Labute approximate surface area is 109 Å². The molecule has 2 N–H and O–H groups in total. The normalized spacial score (nSPS) is 28.4. The second kappa shape index (κ2) is 6.95. The van der Waals surface area contributed by atoms with Gasteiger partial charge in [0, 0.05) is 19.2 Å². The second-order valence-electron chi connectivity index (χ2n) is 5.25. The van der Waals surface area contributed by atoms with Crippen LogP contribution in [0.15, 0.2) is 0 Å². The van der Waals surface area contributed by atoms with E-state index in [4.69, 9.17) is 4.74 Å². The molecule has 2 rings (SSSR count). The molecule has 2 amide bonds. The molecule has 0 radical (unpaired) electrons. The van der Waals surface area contributed by atoms with E-state index in [1.165, 1.54) is 6.42 Å². The second-order valence-corrected chi connectivity index (χ2v) is 5.25. The molecular formula is C13H25N3O2. The summed E-state index contributed by atoms with van der Waals surface area (Å²) in [7, 11) is 1.96. The van der Waals surface area contributed by atoms with Gasteiger partial charge in [-0.15, -0.1) is 0 Å². The number of likely N-dealkylation sites (tertiary alicyclic amines) is 1. The SMILES string of the molecule is CNCCC1CCCCN1C(=O)NC1CCOC1. The van der Waals surface area contributed by atoms with Gasteiger partial charge in [-0.2, -0.15) is 0 Å². The van der Waals surface area contributed by atoms with Crippen molar-refractivity contribution in [1.29, 1.82) is 0 Å². The van der Waals surface area contributed by atoms with Gasteiger partial charge in [0.2, 0.25) is 0 Å². The molecule has 18 heavy (non-hydrogen) atoms. The van der Waals surface area contributed by atoms with E-state index in [0.29, 0.717) is 12.6 Å². The summed E-state index contributed by atoms with van der Waals surface area (Å²) in [6.07, 6.45) is 5.50. The third kappa shape index (κ3) is 3.59. The number of amides is 2. The summed E-state index contributed by atoms with van der Waals surface area (Å²) in [6, 6.07) is 0.712. The third-order valence-corrected chi connectivity index (χ3v) is 3.87. The Morgan fingerprint density at radius 1 is 1.39 bits per heavy atom. The summed E-state index contributed by atoms with van der Waals surface area (Å²) in [6.45, 7) is 3.31. The van der Waals surface area contributed by atoms with Crippen molar-refractivity contribution in [3.05, 3.63) is 0 Å². The Morgan fingerprint density at radius 2 is 2.28 bits per heavy atom. The number of hydrogen-bond donors (Lipinski definition) is 2. The first-order valence-electron chi connectivity index (χ1n) is 7.10. The molecule has 104 valence electrons. The van der Waals surface area contributed by atoms with E-state index in [0.717, 1.165) is 45.4 Å². The Morgan fingerprint density at radius 3 is 3.00 bits per heavy atom. The van der Waals surface area contributed by atoms with Gasteiger partial charge in [0.25, 0.3) is 0 Å². The van der Waals surface area contributed by atoms with Crippen molar-refractivity contribution in [1.82, 2.24) is 15.5 Å². The standard InChI is InChI=1S/C13H25N3O2/c1-14-7-5-12-4-2-3-8-16(12)13(17)15-11-6-9-18-10-11/h11-12,14H,2-10H2,1H3,(H,15,17). The zero-order valence-electron chi connectivity index (χ0n) is 11.3. The topological polar surface area (TPSA) is 53.6 Å². The maximum Gasteiger partial charge on any atom is 0.317 e. The highest BCUT2D eigenvalue weighted by molar-refractivity contribution is 5.75. The van der Waals surface area contributed by atoms with Crippen molar-refractivity contribution in [3.8, 4) is 0 Å².